The fraction of sp³-hybridized carbons (Fsp3) is 0.458. The Labute approximate surface area is 188 Å². The van der Waals surface area contributed by atoms with Crippen molar-refractivity contribution >= 4 is 5.91 Å². The number of fused-ring (bicyclic) bond motifs is 1. The van der Waals surface area contributed by atoms with E-state index >= 15 is 0 Å². The second kappa shape index (κ2) is 10.6. The van der Waals surface area contributed by atoms with Crippen molar-refractivity contribution in [3.8, 4) is 23.0 Å². The van der Waals surface area contributed by atoms with Gasteiger partial charge in [0.1, 0.15) is 17.6 Å². The van der Waals surface area contributed by atoms with Gasteiger partial charge in [0.15, 0.2) is 11.5 Å². The lowest BCUT2D eigenvalue weighted by atomic mass is 10.1. The van der Waals surface area contributed by atoms with Gasteiger partial charge < -0.3 is 29.0 Å². The number of rotatable bonds is 9. The molecule has 2 aromatic carbocycles. The summed E-state index contributed by atoms with van der Waals surface area (Å²) in [6.07, 6.45) is 1.77. The quantitative estimate of drug-likeness (QED) is 0.599. The largest absolute Gasteiger partial charge is 0.497 e. The molecule has 0 atom stereocenters. The van der Waals surface area contributed by atoms with Crippen LogP contribution in [0.15, 0.2) is 36.4 Å². The van der Waals surface area contributed by atoms with Crippen LogP contribution in [-0.2, 0) is 11.3 Å². The first-order chi connectivity index (χ1) is 15.7. The number of ether oxygens (including phenoxy) is 5. The molecule has 8 heteroatoms. The molecule has 2 aromatic rings. The van der Waals surface area contributed by atoms with Crippen LogP contribution in [-0.4, -0.2) is 64.2 Å². The van der Waals surface area contributed by atoms with E-state index in [0.29, 0.717) is 30.2 Å². The number of benzene rings is 2. The summed E-state index contributed by atoms with van der Waals surface area (Å²) in [4.78, 5) is 15.0. The van der Waals surface area contributed by atoms with Crippen LogP contribution in [0.2, 0.25) is 0 Å². The number of hydrogen-bond donors (Lipinski definition) is 1. The molecule has 172 valence electrons. The molecule has 0 bridgehead atoms. The second-order valence-corrected chi connectivity index (χ2v) is 7.86. The van der Waals surface area contributed by atoms with Crippen molar-refractivity contribution in [1.82, 2.24) is 10.2 Å². The number of methoxy groups -OCH3 is 2. The molecule has 0 spiro atoms. The number of para-hydroxylation sites is 1. The van der Waals surface area contributed by atoms with Gasteiger partial charge >= 0.3 is 0 Å². The molecular formula is C24H30N2O6. The van der Waals surface area contributed by atoms with Gasteiger partial charge in [-0.05, 0) is 31.0 Å². The van der Waals surface area contributed by atoms with E-state index in [2.05, 4.69) is 16.3 Å². The molecular weight excluding hydrogens is 412 g/mol. The summed E-state index contributed by atoms with van der Waals surface area (Å²) in [5.41, 5.74) is 1.64. The van der Waals surface area contributed by atoms with Crippen LogP contribution in [0, 0.1) is 0 Å². The molecule has 0 saturated carbocycles. The van der Waals surface area contributed by atoms with E-state index in [4.69, 9.17) is 23.7 Å². The predicted molar refractivity (Wildman–Crippen MR) is 119 cm³/mol. The number of carbonyl (C=O) groups is 1. The minimum absolute atomic E-state index is 0.0324. The topological polar surface area (TPSA) is 78.5 Å². The zero-order valence-corrected chi connectivity index (χ0v) is 18.6. The van der Waals surface area contributed by atoms with E-state index < -0.39 is 0 Å². The van der Waals surface area contributed by atoms with Crippen molar-refractivity contribution in [3.05, 3.63) is 47.5 Å². The maximum atomic E-state index is 12.6. The Bertz CT molecular complexity index is 927. The molecule has 1 N–H and O–H groups in total. The summed E-state index contributed by atoms with van der Waals surface area (Å²) in [5, 5.41) is 2.85. The molecule has 0 aromatic heterocycles. The summed E-state index contributed by atoms with van der Waals surface area (Å²) >= 11 is 0. The van der Waals surface area contributed by atoms with Gasteiger partial charge in [0.25, 0.3) is 5.91 Å². The van der Waals surface area contributed by atoms with E-state index in [1.54, 1.807) is 32.4 Å². The summed E-state index contributed by atoms with van der Waals surface area (Å²) in [6.45, 7) is 3.79. The van der Waals surface area contributed by atoms with Gasteiger partial charge in [0.05, 0.1) is 19.3 Å². The third-order valence-corrected chi connectivity index (χ3v) is 5.73. The molecule has 8 nitrogen and oxygen atoms in total. The van der Waals surface area contributed by atoms with Gasteiger partial charge in [-0.25, -0.2) is 0 Å². The van der Waals surface area contributed by atoms with Crippen LogP contribution >= 0.6 is 0 Å². The molecule has 2 heterocycles. The average Bonchev–Trinajstić information content (AvgIpc) is 3.30. The van der Waals surface area contributed by atoms with Gasteiger partial charge in [0, 0.05) is 44.9 Å². The van der Waals surface area contributed by atoms with Crippen molar-refractivity contribution < 1.29 is 28.5 Å². The Morgan fingerprint density at radius 2 is 2.00 bits per heavy atom. The summed E-state index contributed by atoms with van der Waals surface area (Å²) in [7, 11) is 3.21. The number of hydrogen-bond acceptors (Lipinski definition) is 7. The lowest BCUT2D eigenvalue weighted by Crippen LogP contribution is -2.38. The number of amides is 1. The van der Waals surface area contributed by atoms with Crippen LogP contribution < -0.4 is 24.3 Å². The molecule has 32 heavy (non-hydrogen) atoms. The number of piperidine rings is 1. The predicted octanol–water partition coefficient (Wildman–Crippen LogP) is 2.84. The van der Waals surface area contributed by atoms with E-state index in [-0.39, 0.29) is 18.8 Å². The summed E-state index contributed by atoms with van der Waals surface area (Å²) in [6, 6.07) is 11.3. The zero-order valence-electron chi connectivity index (χ0n) is 18.6. The van der Waals surface area contributed by atoms with Crippen LogP contribution in [0.5, 0.6) is 23.0 Å². The molecule has 1 saturated heterocycles. The van der Waals surface area contributed by atoms with Gasteiger partial charge in [-0.1, -0.05) is 12.1 Å². The minimum Gasteiger partial charge on any atom is -0.497 e. The fourth-order valence-electron chi connectivity index (χ4n) is 4.00. The first-order valence-electron chi connectivity index (χ1n) is 10.9. The summed E-state index contributed by atoms with van der Waals surface area (Å²) in [5.74, 6) is 2.69. The molecule has 0 aliphatic carbocycles. The SMILES string of the molecule is COCCNC(=O)c1ccc(OC)cc1OC1CCN(Cc2cccc3c2OCO3)CC1. The number of nitrogens with zero attached hydrogens (tertiary/aromatic N) is 1. The highest BCUT2D eigenvalue weighted by atomic mass is 16.7. The Kier molecular flexibility index (Phi) is 7.34. The molecule has 4 rings (SSSR count). The minimum atomic E-state index is -0.183. The van der Waals surface area contributed by atoms with Crippen LogP contribution in [0.3, 0.4) is 0 Å². The summed E-state index contributed by atoms with van der Waals surface area (Å²) < 4.78 is 27.7. The molecule has 2 aliphatic heterocycles. The van der Waals surface area contributed by atoms with Crippen LogP contribution in [0.25, 0.3) is 0 Å². The maximum absolute atomic E-state index is 12.6. The number of carbonyl (C=O) groups excluding carboxylic acids is 1. The number of nitrogens with one attached hydrogen (secondary N) is 1. The smallest absolute Gasteiger partial charge is 0.255 e. The molecule has 1 fully saturated rings. The van der Waals surface area contributed by atoms with Crippen molar-refractivity contribution in [2.24, 2.45) is 0 Å². The highest BCUT2D eigenvalue weighted by Crippen LogP contribution is 2.36. The van der Waals surface area contributed by atoms with Crippen molar-refractivity contribution in [1.29, 1.82) is 0 Å². The molecule has 2 aliphatic rings. The Hall–Kier alpha value is -2.97. The zero-order chi connectivity index (χ0) is 22.3. The monoisotopic (exact) mass is 442 g/mol. The van der Waals surface area contributed by atoms with E-state index in [1.165, 1.54) is 0 Å². The molecule has 1 amide bonds. The fourth-order valence-corrected chi connectivity index (χ4v) is 4.00. The van der Waals surface area contributed by atoms with Gasteiger partial charge in [0.2, 0.25) is 6.79 Å². The normalized spacial score (nSPS) is 16.1. The third kappa shape index (κ3) is 5.26. The Balaban J connectivity index is 1.36. The van der Waals surface area contributed by atoms with Crippen LogP contribution in [0.4, 0.5) is 0 Å². The lowest BCUT2D eigenvalue weighted by Gasteiger charge is -2.32. The second-order valence-electron chi connectivity index (χ2n) is 7.86. The molecule has 0 unspecified atom stereocenters. The Morgan fingerprint density at radius 3 is 2.78 bits per heavy atom. The first-order valence-corrected chi connectivity index (χ1v) is 10.9. The van der Waals surface area contributed by atoms with Gasteiger partial charge in [-0.3, -0.25) is 9.69 Å². The van der Waals surface area contributed by atoms with Crippen molar-refractivity contribution in [3.63, 3.8) is 0 Å². The van der Waals surface area contributed by atoms with Gasteiger partial charge in [-0.2, -0.15) is 0 Å². The van der Waals surface area contributed by atoms with E-state index in [9.17, 15) is 4.79 Å². The van der Waals surface area contributed by atoms with E-state index in [0.717, 1.165) is 49.5 Å². The highest BCUT2D eigenvalue weighted by molar-refractivity contribution is 5.97. The number of likely N-dealkylation sites (tertiary alicyclic amines) is 1. The standard InChI is InChI=1S/C24H30N2O6/c1-28-13-10-25-24(27)20-7-6-19(29-2)14-22(20)32-18-8-11-26(12-9-18)15-17-4-3-5-21-23(17)31-16-30-21/h3-7,14,18H,8-13,15-16H2,1-2H3,(H,25,27). The van der Waals surface area contributed by atoms with Crippen molar-refractivity contribution in [2.75, 3.05) is 47.3 Å². The lowest BCUT2D eigenvalue weighted by molar-refractivity contribution is 0.0879. The van der Waals surface area contributed by atoms with E-state index in [1.807, 2.05) is 12.1 Å². The van der Waals surface area contributed by atoms with Crippen LogP contribution in [0.1, 0.15) is 28.8 Å². The average molecular weight is 443 g/mol. The van der Waals surface area contributed by atoms with Crippen molar-refractivity contribution in [2.45, 2.75) is 25.5 Å². The Morgan fingerprint density at radius 1 is 1.16 bits per heavy atom. The third-order valence-electron chi connectivity index (χ3n) is 5.73. The van der Waals surface area contributed by atoms with Gasteiger partial charge in [-0.15, -0.1) is 0 Å². The molecule has 0 radical (unpaired) electrons. The maximum Gasteiger partial charge on any atom is 0.255 e. The highest BCUT2D eigenvalue weighted by Gasteiger charge is 2.25. The first kappa shape index (κ1) is 22.2.